The fraction of sp³-hybridized carbons (Fsp3) is 0.647. The fourth-order valence-corrected chi connectivity index (χ4v) is 3.44. The van der Waals surface area contributed by atoms with Crippen LogP contribution in [0, 0.1) is 11.7 Å². The first kappa shape index (κ1) is 16.2. The Morgan fingerprint density at radius 1 is 1.05 bits per heavy atom. The number of hydrogen-bond acceptors (Lipinski definition) is 3. The minimum Gasteiger partial charge on any atom is -0.369 e. The van der Waals surface area contributed by atoms with Crippen LogP contribution in [0.25, 0.3) is 0 Å². The molecule has 4 heteroatoms. The molecule has 1 aromatic rings. The van der Waals surface area contributed by atoms with Crippen molar-refractivity contribution in [2.75, 3.05) is 37.6 Å². The van der Waals surface area contributed by atoms with Crippen molar-refractivity contribution in [3.05, 3.63) is 30.1 Å². The van der Waals surface area contributed by atoms with Gasteiger partial charge in [-0.2, -0.15) is 0 Å². The Morgan fingerprint density at radius 2 is 1.62 bits per heavy atom. The van der Waals surface area contributed by atoms with E-state index in [0.717, 1.165) is 38.4 Å². The summed E-state index contributed by atoms with van der Waals surface area (Å²) in [6.07, 6.45) is 2.38. The molecule has 1 unspecified atom stereocenters. The van der Waals surface area contributed by atoms with Crippen molar-refractivity contribution in [2.45, 2.75) is 32.7 Å². The van der Waals surface area contributed by atoms with E-state index in [2.05, 4.69) is 23.6 Å². The molecule has 0 saturated carbocycles. The third-order valence-electron chi connectivity index (χ3n) is 4.81. The minimum absolute atomic E-state index is 0.172. The Labute approximate surface area is 127 Å². The Bertz CT molecular complexity index is 409. The molecule has 0 aromatic heterocycles. The fourth-order valence-electron chi connectivity index (χ4n) is 3.44. The van der Waals surface area contributed by atoms with E-state index in [-0.39, 0.29) is 5.82 Å². The molecule has 0 aliphatic carbocycles. The molecule has 1 heterocycles. The molecular formula is C17H28FN3. The highest BCUT2D eigenvalue weighted by Crippen LogP contribution is 2.22. The van der Waals surface area contributed by atoms with Gasteiger partial charge in [-0.05, 0) is 30.2 Å². The molecule has 1 aliphatic rings. The molecule has 21 heavy (non-hydrogen) atoms. The molecule has 1 aromatic carbocycles. The van der Waals surface area contributed by atoms with E-state index in [1.165, 1.54) is 25.0 Å². The van der Waals surface area contributed by atoms with Crippen LogP contribution in [0.2, 0.25) is 0 Å². The molecule has 0 radical (unpaired) electrons. The third-order valence-corrected chi connectivity index (χ3v) is 4.81. The standard InChI is InChI=1S/C17H28FN3/c1-3-14(4-2)17(13-19)21-11-9-20(10-12-21)16-7-5-15(18)6-8-16/h5-8,14,17H,3-4,9-13,19H2,1-2H3. The zero-order chi connectivity index (χ0) is 15.2. The number of benzene rings is 1. The van der Waals surface area contributed by atoms with E-state index < -0.39 is 0 Å². The van der Waals surface area contributed by atoms with Gasteiger partial charge in [-0.1, -0.05) is 26.7 Å². The van der Waals surface area contributed by atoms with Crippen LogP contribution in [0.5, 0.6) is 0 Å². The van der Waals surface area contributed by atoms with Gasteiger partial charge >= 0.3 is 0 Å². The van der Waals surface area contributed by atoms with Crippen molar-refractivity contribution in [2.24, 2.45) is 11.7 Å². The highest BCUT2D eigenvalue weighted by atomic mass is 19.1. The lowest BCUT2D eigenvalue weighted by Crippen LogP contribution is -2.54. The van der Waals surface area contributed by atoms with Gasteiger partial charge < -0.3 is 10.6 Å². The number of nitrogens with two attached hydrogens (primary N) is 1. The minimum atomic E-state index is -0.172. The van der Waals surface area contributed by atoms with Gasteiger partial charge in [0.05, 0.1) is 0 Å². The lowest BCUT2D eigenvalue weighted by atomic mass is 9.92. The van der Waals surface area contributed by atoms with Gasteiger partial charge in [0.2, 0.25) is 0 Å². The summed E-state index contributed by atoms with van der Waals surface area (Å²) in [5, 5.41) is 0. The van der Waals surface area contributed by atoms with Crippen LogP contribution in [0.1, 0.15) is 26.7 Å². The normalized spacial score (nSPS) is 18.2. The van der Waals surface area contributed by atoms with Crippen molar-refractivity contribution in [3.63, 3.8) is 0 Å². The van der Waals surface area contributed by atoms with Crippen LogP contribution in [0.15, 0.2) is 24.3 Å². The highest BCUT2D eigenvalue weighted by Gasteiger charge is 2.27. The van der Waals surface area contributed by atoms with Crippen molar-refractivity contribution in [1.82, 2.24) is 4.90 Å². The molecule has 0 bridgehead atoms. The molecule has 3 nitrogen and oxygen atoms in total. The second-order valence-corrected chi connectivity index (χ2v) is 5.88. The van der Waals surface area contributed by atoms with E-state index >= 15 is 0 Å². The molecule has 0 spiro atoms. The van der Waals surface area contributed by atoms with Gasteiger partial charge in [-0.3, -0.25) is 4.90 Å². The summed E-state index contributed by atoms with van der Waals surface area (Å²) < 4.78 is 13.0. The second-order valence-electron chi connectivity index (χ2n) is 5.88. The quantitative estimate of drug-likeness (QED) is 0.875. The van der Waals surface area contributed by atoms with Crippen molar-refractivity contribution < 1.29 is 4.39 Å². The van der Waals surface area contributed by atoms with Gasteiger partial charge in [0, 0.05) is 44.5 Å². The maximum atomic E-state index is 13.0. The maximum Gasteiger partial charge on any atom is 0.123 e. The average Bonchev–Trinajstić information content (AvgIpc) is 2.53. The predicted molar refractivity (Wildman–Crippen MR) is 87.1 cm³/mol. The lowest BCUT2D eigenvalue weighted by molar-refractivity contribution is 0.132. The summed E-state index contributed by atoms with van der Waals surface area (Å²) in [5.74, 6) is 0.515. The Kier molecular flexibility index (Phi) is 6.00. The molecule has 0 amide bonds. The number of anilines is 1. The SMILES string of the molecule is CCC(CC)C(CN)N1CCN(c2ccc(F)cc2)CC1. The number of rotatable bonds is 6. The van der Waals surface area contributed by atoms with E-state index in [1.54, 1.807) is 0 Å². The van der Waals surface area contributed by atoms with Crippen LogP contribution in [-0.2, 0) is 0 Å². The largest absolute Gasteiger partial charge is 0.369 e. The van der Waals surface area contributed by atoms with E-state index in [4.69, 9.17) is 5.73 Å². The van der Waals surface area contributed by atoms with Crippen molar-refractivity contribution in [1.29, 1.82) is 0 Å². The van der Waals surface area contributed by atoms with Crippen molar-refractivity contribution in [3.8, 4) is 0 Å². The first-order chi connectivity index (χ1) is 10.2. The van der Waals surface area contributed by atoms with Gasteiger partial charge in [0.1, 0.15) is 5.82 Å². The van der Waals surface area contributed by atoms with Crippen LogP contribution < -0.4 is 10.6 Å². The molecule has 1 atom stereocenters. The first-order valence-electron chi connectivity index (χ1n) is 8.14. The Balaban J connectivity index is 1.94. The Morgan fingerprint density at radius 3 is 2.10 bits per heavy atom. The number of nitrogens with zero attached hydrogens (tertiary/aromatic N) is 2. The summed E-state index contributed by atoms with van der Waals surface area (Å²) >= 11 is 0. The predicted octanol–water partition coefficient (Wildman–Crippen LogP) is 2.71. The summed E-state index contributed by atoms with van der Waals surface area (Å²) in [6, 6.07) is 7.30. The van der Waals surface area contributed by atoms with Crippen LogP contribution in [0.3, 0.4) is 0 Å². The highest BCUT2D eigenvalue weighted by molar-refractivity contribution is 5.46. The summed E-state index contributed by atoms with van der Waals surface area (Å²) in [6.45, 7) is 9.30. The molecular weight excluding hydrogens is 265 g/mol. The van der Waals surface area contributed by atoms with Gasteiger partial charge in [0.15, 0.2) is 0 Å². The number of halogens is 1. The third kappa shape index (κ3) is 3.95. The zero-order valence-electron chi connectivity index (χ0n) is 13.3. The average molecular weight is 293 g/mol. The molecule has 2 rings (SSSR count). The second kappa shape index (κ2) is 7.76. The van der Waals surface area contributed by atoms with Crippen LogP contribution in [-0.4, -0.2) is 43.7 Å². The van der Waals surface area contributed by atoms with E-state index in [1.807, 2.05) is 12.1 Å². The number of piperazine rings is 1. The Hall–Kier alpha value is -1.13. The molecule has 2 N–H and O–H groups in total. The maximum absolute atomic E-state index is 13.0. The van der Waals surface area contributed by atoms with Crippen molar-refractivity contribution >= 4 is 5.69 Å². The molecule has 1 aliphatic heterocycles. The first-order valence-corrected chi connectivity index (χ1v) is 8.14. The van der Waals surface area contributed by atoms with E-state index in [0.29, 0.717) is 12.0 Å². The number of hydrogen-bond donors (Lipinski definition) is 1. The van der Waals surface area contributed by atoms with E-state index in [9.17, 15) is 4.39 Å². The zero-order valence-corrected chi connectivity index (χ0v) is 13.3. The molecule has 118 valence electrons. The lowest BCUT2D eigenvalue weighted by Gasteiger charge is -2.42. The van der Waals surface area contributed by atoms with Crippen LogP contribution >= 0.6 is 0 Å². The molecule has 1 saturated heterocycles. The van der Waals surface area contributed by atoms with Crippen LogP contribution in [0.4, 0.5) is 10.1 Å². The summed E-state index contributed by atoms with van der Waals surface area (Å²) in [5.41, 5.74) is 7.13. The van der Waals surface area contributed by atoms with Gasteiger partial charge in [-0.25, -0.2) is 4.39 Å². The van der Waals surface area contributed by atoms with Gasteiger partial charge in [-0.15, -0.1) is 0 Å². The van der Waals surface area contributed by atoms with Gasteiger partial charge in [0.25, 0.3) is 0 Å². The smallest absolute Gasteiger partial charge is 0.123 e. The topological polar surface area (TPSA) is 32.5 Å². The summed E-state index contributed by atoms with van der Waals surface area (Å²) in [4.78, 5) is 4.87. The monoisotopic (exact) mass is 293 g/mol. The summed E-state index contributed by atoms with van der Waals surface area (Å²) in [7, 11) is 0. The molecule has 1 fully saturated rings.